The van der Waals surface area contributed by atoms with Gasteiger partial charge in [-0.2, -0.15) is 0 Å². The highest BCUT2D eigenvalue weighted by molar-refractivity contribution is 6.04. The third kappa shape index (κ3) is 6.45. The van der Waals surface area contributed by atoms with Gasteiger partial charge in [0, 0.05) is 57.3 Å². The van der Waals surface area contributed by atoms with E-state index in [9.17, 15) is 9.59 Å². The number of morpholine rings is 1. The number of urea groups is 1. The minimum absolute atomic E-state index is 0.166. The normalized spacial score (nSPS) is 14.0. The first-order valence-corrected chi connectivity index (χ1v) is 10.9. The van der Waals surface area contributed by atoms with Crippen LogP contribution in [0.1, 0.15) is 21.5 Å². The van der Waals surface area contributed by atoms with Crippen LogP contribution in [0.4, 0.5) is 21.9 Å². The van der Waals surface area contributed by atoms with Crippen LogP contribution in [0.2, 0.25) is 0 Å². The minimum atomic E-state index is -0.353. The second kappa shape index (κ2) is 11.0. The molecular weight excluding hydrogens is 406 g/mol. The summed E-state index contributed by atoms with van der Waals surface area (Å²) in [5.41, 5.74) is 4.73. The van der Waals surface area contributed by atoms with Crippen LogP contribution < -0.4 is 20.9 Å². The molecule has 1 aliphatic heterocycles. The summed E-state index contributed by atoms with van der Waals surface area (Å²) in [4.78, 5) is 29.6. The standard InChI is InChI=1S/C24H33N5O3/c1-17-5-7-21(18(2)15-17)27-24(31)26-19-6-8-22(28(3)4)20(16-19)23(30)25-9-10-29-11-13-32-14-12-29/h5-8,15-16H,9-14H2,1-4H3,(H,25,30)(H2,26,27,31). The van der Waals surface area contributed by atoms with Crippen LogP contribution in [-0.2, 0) is 4.74 Å². The molecule has 0 radical (unpaired) electrons. The van der Waals surface area contributed by atoms with Crippen LogP contribution in [-0.4, -0.2) is 70.3 Å². The lowest BCUT2D eigenvalue weighted by molar-refractivity contribution is 0.0383. The van der Waals surface area contributed by atoms with Crippen LogP contribution >= 0.6 is 0 Å². The third-order valence-corrected chi connectivity index (χ3v) is 5.43. The number of anilines is 3. The van der Waals surface area contributed by atoms with Gasteiger partial charge in [0.15, 0.2) is 0 Å². The number of nitrogens with one attached hydrogen (secondary N) is 3. The maximum absolute atomic E-state index is 12.9. The molecule has 0 aromatic heterocycles. The van der Waals surface area contributed by atoms with Gasteiger partial charge in [-0.3, -0.25) is 9.69 Å². The molecule has 2 aromatic rings. The summed E-state index contributed by atoms with van der Waals surface area (Å²) in [7, 11) is 3.78. The van der Waals surface area contributed by atoms with E-state index in [2.05, 4.69) is 20.9 Å². The zero-order chi connectivity index (χ0) is 23.1. The van der Waals surface area contributed by atoms with E-state index in [1.54, 1.807) is 12.1 Å². The number of aryl methyl sites for hydroxylation is 2. The first-order valence-electron chi connectivity index (χ1n) is 10.9. The molecule has 172 valence electrons. The summed E-state index contributed by atoms with van der Waals surface area (Å²) < 4.78 is 5.36. The first kappa shape index (κ1) is 23.6. The highest BCUT2D eigenvalue weighted by Crippen LogP contribution is 2.23. The van der Waals surface area contributed by atoms with Gasteiger partial charge in [0.05, 0.1) is 18.8 Å². The zero-order valence-electron chi connectivity index (χ0n) is 19.3. The van der Waals surface area contributed by atoms with Gasteiger partial charge in [0.2, 0.25) is 0 Å². The van der Waals surface area contributed by atoms with Crippen molar-refractivity contribution in [2.45, 2.75) is 13.8 Å². The van der Waals surface area contributed by atoms with Crippen molar-refractivity contribution in [3.8, 4) is 0 Å². The van der Waals surface area contributed by atoms with Gasteiger partial charge in [-0.1, -0.05) is 17.7 Å². The van der Waals surface area contributed by atoms with Gasteiger partial charge in [0.1, 0.15) is 0 Å². The van der Waals surface area contributed by atoms with Crippen LogP contribution in [0.25, 0.3) is 0 Å². The molecule has 1 aliphatic rings. The highest BCUT2D eigenvalue weighted by atomic mass is 16.5. The lowest BCUT2D eigenvalue weighted by Crippen LogP contribution is -2.41. The predicted molar refractivity (Wildman–Crippen MR) is 129 cm³/mol. The highest BCUT2D eigenvalue weighted by Gasteiger charge is 2.16. The molecule has 0 saturated carbocycles. The fourth-order valence-electron chi connectivity index (χ4n) is 3.67. The molecular formula is C24H33N5O3. The topological polar surface area (TPSA) is 85.9 Å². The fraction of sp³-hybridized carbons (Fsp3) is 0.417. The quantitative estimate of drug-likeness (QED) is 0.617. The summed E-state index contributed by atoms with van der Waals surface area (Å²) in [6.45, 7) is 8.53. The lowest BCUT2D eigenvalue weighted by Gasteiger charge is -2.26. The summed E-state index contributed by atoms with van der Waals surface area (Å²) in [5, 5.41) is 8.69. The monoisotopic (exact) mass is 439 g/mol. The summed E-state index contributed by atoms with van der Waals surface area (Å²) >= 11 is 0. The maximum atomic E-state index is 12.9. The second-order valence-corrected chi connectivity index (χ2v) is 8.23. The Bertz CT molecular complexity index is 955. The molecule has 0 bridgehead atoms. The molecule has 0 spiro atoms. The van der Waals surface area contributed by atoms with Crippen molar-refractivity contribution in [3.05, 3.63) is 53.1 Å². The molecule has 1 heterocycles. The van der Waals surface area contributed by atoms with E-state index in [0.29, 0.717) is 17.8 Å². The number of rotatable bonds is 7. The molecule has 8 nitrogen and oxygen atoms in total. The van der Waals surface area contributed by atoms with Crippen molar-refractivity contribution in [1.29, 1.82) is 0 Å². The van der Waals surface area contributed by atoms with Gasteiger partial charge >= 0.3 is 6.03 Å². The van der Waals surface area contributed by atoms with Gasteiger partial charge in [-0.05, 0) is 43.7 Å². The Morgan fingerprint density at radius 3 is 2.47 bits per heavy atom. The average Bonchev–Trinajstić information content (AvgIpc) is 2.76. The van der Waals surface area contributed by atoms with Crippen LogP contribution in [0.15, 0.2) is 36.4 Å². The Balaban J connectivity index is 1.65. The van der Waals surface area contributed by atoms with Crippen molar-refractivity contribution < 1.29 is 14.3 Å². The van der Waals surface area contributed by atoms with E-state index in [-0.39, 0.29) is 11.9 Å². The van der Waals surface area contributed by atoms with Crippen LogP contribution in [0, 0.1) is 13.8 Å². The average molecular weight is 440 g/mol. The molecule has 32 heavy (non-hydrogen) atoms. The molecule has 0 atom stereocenters. The summed E-state index contributed by atoms with van der Waals surface area (Å²) in [6.07, 6.45) is 0. The number of hydrogen-bond donors (Lipinski definition) is 3. The molecule has 0 unspecified atom stereocenters. The number of hydrogen-bond acceptors (Lipinski definition) is 5. The smallest absolute Gasteiger partial charge is 0.323 e. The van der Waals surface area contributed by atoms with Crippen LogP contribution in [0.5, 0.6) is 0 Å². The van der Waals surface area contributed by atoms with Gasteiger partial charge in [-0.25, -0.2) is 4.79 Å². The minimum Gasteiger partial charge on any atom is -0.379 e. The van der Waals surface area contributed by atoms with Gasteiger partial charge < -0.3 is 25.6 Å². The van der Waals surface area contributed by atoms with Crippen molar-refractivity contribution in [2.24, 2.45) is 0 Å². The van der Waals surface area contributed by atoms with E-state index < -0.39 is 0 Å². The molecule has 0 aliphatic carbocycles. The first-order chi connectivity index (χ1) is 15.3. The SMILES string of the molecule is Cc1ccc(NC(=O)Nc2ccc(N(C)C)c(C(=O)NCCN3CCOCC3)c2)c(C)c1. The van der Waals surface area contributed by atoms with E-state index in [0.717, 1.165) is 55.3 Å². The fourth-order valence-corrected chi connectivity index (χ4v) is 3.67. The lowest BCUT2D eigenvalue weighted by atomic mass is 10.1. The molecule has 8 heteroatoms. The van der Waals surface area contributed by atoms with Gasteiger partial charge in [0.25, 0.3) is 5.91 Å². The number of benzene rings is 2. The van der Waals surface area contributed by atoms with Crippen molar-refractivity contribution in [1.82, 2.24) is 10.2 Å². The van der Waals surface area contributed by atoms with Gasteiger partial charge in [-0.15, -0.1) is 0 Å². The molecule has 3 rings (SSSR count). The van der Waals surface area contributed by atoms with Crippen molar-refractivity contribution in [2.75, 3.05) is 69.0 Å². The third-order valence-electron chi connectivity index (χ3n) is 5.43. The van der Waals surface area contributed by atoms with Crippen LogP contribution in [0.3, 0.4) is 0 Å². The Morgan fingerprint density at radius 2 is 1.78 bits per heavy atom. The predicted octanol–water partition coefficient (Wildman–Crippen LogP) is 3.08. The number of carbonyl (C=O) groups is 2. The van der Waals surface area contributed by atoms with E-state index in [1.807, 2.05) is 57.1 Å². The Hall–Kier alpha value is -3.10. The van der Waals surface area contributed by atoms with E-state index >= 15 is 0 Å². The summed E-state index contributed by atoms with van der Waals surface area (Å²) in [6, 6.07) is 10.8. The Kier molecular flexibility index (Phi) is 8.08. The number of nitrogens with zero attached hydrogens (tertiary/aromatic N) is 2. The Morgan fingerprint density at radius 1 is 1.03 bits per heavy atom. The summed E-state index contributed by atoms with van der Waals surface area (Å²) in [5.74, 6) is -0.166. The second-order valence-electron chi connectivity index (χ2n) is 8.23. The molecule has 3 amide bonds. The van der Waals surface area contributed by atoms with Crippen molar-refractivity contribution in [3.63, 3.8) is 0 Å². The number of ether oxygens (including phenoxy) is 1. The molecule has 1 fully saturated rings. The maximum Gasteiger partial charge on any atom is 0.323 e. The largest absolute Gasteiger partial charge is 0.379 e. The number of carbonyl (C=O) groups excluding carboxylic acids is 2. The van der Waals surface area contributed by atoms with Crippen molar-refractivity contribution >= 4 is 29.0 Å². The molecule has 3 N–H and O–H groups in total. The molecule has 2 aromatic carbocycles. The zero-order valence-corrected chi connectivity index (χ0v) is 19.3. The number of amides is 3. The van der Waals surface area contributed by atoms with E-state index in [4.69, 9.17) is 4.74 Å². The Labute approximate surface area is 189 Å². The van der Waals surface area contributed by atoms with E-state index in [1.165, 1.54) is 0 Å². The molecule has 1 saturated heterocycles.